The Kier molecular flexibility index (Phi) is 6.79. The van der Waals surface area contributed by atoms with Crippen molar-refractivity contribution in [1.82, 2.24) is 0 Å². The van der Waals surface area contributed by atoms with Crippen molar-refractivity contribution in [2.24, 2.45) is 0 Å². The van der Waals surface area contributed by atoms with Crippen molar-refractivity contribution in [2.75, 3.05) is 25.7 Å². The van der Waals surface area contributed by atoms with Crippen LogP contribution < -0.4 is 0 Å². The van der Waals surface area contributed by atoms with E-state index >= 15 is 0 Å². The van der Waals surface area contributed by atoms with Crippen LogP contribution in [0.15, 0.2) is 0 Å². The quantitative estimate of drug-likeness (QED) is 0.596. The summed E-state index contributed by atoms with van der Waals surface area (Å²) in [7, 11) is 0.639. The van der Waals surface area contributed by atoms with Crippen LogP contribution in [0.1, 0.15) is 27.7 Å². The summed E-state index contributed by atoms with van der Waals surface area (Å²) in [5.41, 5.74) is 1.85. The van der Waals surface area contributed by atoms with E-state index in [1.807, 2.05) is 0 Å². The predicted molar refractivity (Wildman–Crippen MR) is 65.7 cm³/mol. The summed E-state index contributed by atoms with van der Waals surface area (Å²) >= 11 is 0. The van der Waals surface area contributed by atoms with E-state index in [0.29, 0.717) is 15.8 Å². The molecule has 0 heterocycles. The van der Waals surface area contributed by atoms with E-state index in [1.165, 1.54) is 12.3 Å². The number of hydrogen-bond donors (Lipinski definition) is 0. The molecule has 0 aliphatic rings. The van der Waals surface area contributed by atoms with Gasteiger partial charge in [-0.1, -0.05) is 27.7 Å². The topological polar surface area (TPSA) is 0 Å². The van der Waals surface area contributed by atoms with Gasteiger partial charge in [0.2, 0.25) is 0 Å². The molecule has 0 fully saturated rings. The highest BCUT2D eigenvalue weighted by Crippen LogP contribution is 2.43. The molecule has 0 aromatic heterocycles. The van der Waals surface area contributed by atoms with Crippen LogP contribution in [0.4, 0.5) is 0 Å². The Morgan fingerprint density at radius 1 is 0.750 bits per heavy atom. The van der Waals surface area contributed by atoms with Crippen LogP contribution in [0.2, 0.25) is 0 Å². The highest BCUT2D eigenvalue weighted by atomic mass is 31.1. The van der Waals surface area contributed by atoms with Crippen LogP contribution in [0.25, 0.3) is 0 Å². The fourth-order valence-corrected chi connectivity index (χ4v) is 4.39. The van der Waals surface area contributed by atoms with Crippen molar-refractivity contribution >= 4 is 15.8 Å². The van der Waals surface area contributed by atoms with E-state index in [2.05, 4.69) is 41.0 Å². The Morgan fingerprint density at radius 2 is 1.00 bits per heavy atom. The fraction of sp³-hybridized carbons (Fsp3) is 1.00. The van der Waals surface area contributed by atoms with E-state index in [-0.39, 0.29) is 0 Å². The summed E-state index contributed by atoms with van der Waals surface area (Å²) in [4.78, 5) is 0. The number of rotatable bonds is 5. The Morgan fingerprint density at radius 3 is 1.17 bits per heavy atom. The van der Waals surface area contributed by atoms with Gasteiger partial charge in [-0.2, -0.15) is 0 Å². The SMILES string of the molecule is CC(C)P(C)CCP(C)C(C)C. The first-order chi connectivity index (χ1) is 5.45. The van der Waals surface area contributed by atoms with E-state index < -0.39 is 0 Å². The van der Waals surface area contributed by atoms with Gasteiger partial charge in [-0.3, -0.25) is 0 Å². The van der Waals surface area contributed by atoms with E-state index in [9.17, 15) is 0 Å². The largest absolute Gasteiger partial charge is 0.107 e. The first-order valence-corrected chi connectivity index (χ1v) is 8.94. The van der Waals surface area contributed by atoms with Crippen LogP contribution >= 0.6 is 15.8 Å². The normalized spacial score (nSPS) is 17.0. The third-order valence-electron chi connectivity index (χ3n) is 2.57. The molecule has 0 aromatic carbocycles. The summed E-state index contributed by atoms with van der Waals surface area (Å²) in [5, 5.41) is 0. The molecule has 2 heteroatoms. The summed E-state index contributed by atoms with van der Waals surface area (Å²) in [6.45, 7) is 14.3. The average Bonchev–Trinajstić information content (AvgIpc) is 1.98. The van der Waals surface area contributed by atoms with Crippen LogP contribution in [0.3, 0.4) is 0 Å². The van der Waals surface area contributed by atoms with Crippen molar-refractivity contribution < 1.29 is 0 Å². The highest BCUT2D eigenvalue weighted by Gasteiger charge is 2.10. The van der Waals surface area contributed by atoms with Crippen molar-refractivity contribution in [2.45, 2.75) is 39.0 Å². The van der Waals surface area contributed by atoms with Gasteiger partial charge < -0.3 is 0 Å². The van der Waals surface area contributed by atoms with Crippen LogP contribution in [-0.4, -0.2) is 37.0 Å². The molecule has 0 radical (unpaired) electrons. The Bertz CT molecular complexity index is 96.4. The molecule has 0 aliphatic carbocycles. The molecule has 0 N–H and O–H groups in total. The molecule has 0 aromatic rings. The Labute approximate surface area is 81.0 Å². The molecule has 0 saturated carbocycles. The minimum Gasteiger partial charge on any atom is -0.107 e. The van der Waals surface area contributed by atoms with Gasteiger partial charge in [0, 0.05) is 0 Å². The number of hydrogen-bond acceptors (Lipinski definition) is 0. The monoisotopic (exact) mass is 206 g/mol. The van der Waals surface area contributed by atoms with Crippen molar-refractivity contribution in [3.05, 3.63) is 0 Å². The molecule has 74 valence electrons. The minimum absolute atomic E-state index is 0.319. The maximum absolute atomic E-state index is 2.45. The second-order valence-electron chi connectivity index (χ2n) is 4.15. The zero-order valence-corrected chi connectivity index (χ0v) is 11.3. The minimum atomic E-state index is 0.319. The van der Waals surface area contributed by atoms with Gasteiger partial charge in [-0.15, -0.1) is 15.8 Å². The maximum atomic E-state index is 2.45. The summed E-state index contributed by atoms with van der Waals surface area (Å²) in [5.74, 6) is 0. The molecule has 0 aliphatic heterocycles. The van der Waals surface area contributed by atoms with E-state index in [4.69, 9.17) is 0 Å². The van der Waals surface area contributed by atoms with Gasteiger partial charge in [0.25, 0.3) is 0 Å². The van der Waals surface area contributed by atoms with Gasteiger partial charge in [-0.25, -0.2) is 0 Å². The lowest BCUT2D eigenvalue weighted by Crippen LogP contribution is -2.02. The van der Waals surface area contributed by atoms with Crippen molar-refractivity contribution in [1.29, 1.82) is 0 Å². The zero-order chi connectivity index (χ0) is 9.72. The van der Waals surface area contributed by atoms with Gasteiger partial charge in [-0.05, 0) is 37.0 Å². The molecule has 0 amide bonds. The Hall–Kier alpha value is 0.860. The summed E-state index contributed by atoms with van der Waals surface area (Å²) in [6.07, 6.45) is 2.99. The lowest BCUT2D eigenvalue weighted by molar-refractivity contribution is 1.07. The molecule has 2 atom stereocenters. The van der Waals surface area contributed by atoms with Crippen molar-refractivity contribution in [3.63, 3.8) is 0 Å². The second-order valence-corrected chi connectivity index (χ2v) is 10.1. The fourth-order valence-electron chi connectivity index (χ4n) is 0.832. The average molecular weight is 206 g/mol. The van der Waals surface area contributed by atoms with E-state index in [0.717, 1.165) is 11.3 Å². The summed E-state index contributed by atoms with van der Waals surface area (Å²) < 4.78 is 0. The van der Waals surface area contributed by atoms with Crippen LogP contribution in [-0.2, 0) is 0 Å². The highest BCUT2D eigenvalue weighted by molar-refractivity contribution is 7.61. The molecule has 0 saturated heterocycles. The molecular weight excluding hydrogens is 182 g/mol. The third kappa shape index (κ3) is 5.50. The van der Waals surface area contributed by atoms with Crippen LogP contribution in [0, 0.1) is 0 Å². The van der Waals surface area contributed by atoms with Gasteiger partial charge in [0.05, 0.1) is 0 Å². The molecule has 0 nitrogen and oxygen atoms in total. The first kappa shape index (κ1) is 12.9. The predicted octanol–water partition coefficient (Wildman–Crippen LogP) is 4.03. The van der Waals surface area contributed by atoms with Gasteiger partial charge in [0.15, 0.2) is 0 Å². The second kappa shape index (κ2) is 6.33. The van der Waals surface area contributed by atoms with Crippen LogP contribution in [0.5, 0.6) is 0 Å². The summed E-state index contributed by atoms with van der Waals surface area (Å²) in [6, 6.07) is 0. The van der Waals surface area contributed by atoms with Gasteiger partial charge >= 0.3 is 0 Å². The standard InChI is InChI=1S/C10H24P2/c1-9(2)11(5)7-8-12(6)10(3)4/h9-10H,7-8H2,1-6H3. The zero-order valence-electron chi connectivity index (χ0n) is 9.46. The smallest absolute Gasteiger partial charge is 0.0268 e. The molecular formula is C10H24P2. The molecule has 2 unspecified atom stereocenters. The first-order valence-electron chi connectivity index (χ1n) is 4.85. The lowest BCUT2D eigenvalue weighted by atomic mass is 10.6. The molecule has 0 bridgehead atoms. The van der Waals surface area contributed by atoms with Crippen molar-refractivity contribution in [3.8, 4) is 0 Å². The molecule has 0 spiro atoms. The molecule has 12 heavy (non-hydrogen) atoms. The van der Waals surface area contributed by atoms with E-state index in [1.54, 1.807) is 0 Å². The maximum Gasteiger partial charge on any atom is -0.0268 e. The lowest BCUT2D eigenvalue weighted by Gasteiger charge is -2.21. The third-order valence-corrected chi connectivity index (χ3v) is 8.31. The molecule has 0 rings (SSSR count). The Balaban J connectivity index is 3.54. The van der Waals surface area contributed by atoms with Gasteiger partial charge in [0.1, 0.15) is 0 Å².